The molecule has 3 amide bonds. The maximum Gasteiger partial charge on any atom is 0.254 e. The molecule has 2 heterocycles. The maximum absolute atomic E-state index is 13.3. The van der Waals surface area contributed by atoms with Gasteiger partial charge in [-0.25, -0.2) is 0 Å². The van der Waals surface area contributed by atoms with Crippen LogP contribution in [0.5, 0.6) is 0 Å². The molecule has 30 heavy (non-hydrogen) atoms. The average molecular weight is 406 g/mol. The van der Waals surface area contributed by atoms with Crippen molar-refractivity contribution in [1.82, 2.24) is 15.2 Å². The number of aromatic nitrogens is 1. The zero-order chi connectivity index (χ0) is 20.9. The predicted octanol–water partition coefficient (Wildman–Crippen LogP) is 2.61. The Morgan fingerprint density at radius 2 is 1.83 bits per heavy atom. The van der Waals surface area contributed by atoms with Crippen LogP contribution in [-0.2, 0) is 9.59 Å². The molecule has 3 unspecified atom stereocenters. The van der Waals surface area contributed by atoms with Gasteiger partial charge in [0.15, 0.2) is 0 Å². The molecule has 1 saturated heterocycles. The number of carbonyl (C=O) groups excluding carboxylic acids is 3. The molecule has 7 nitrogen and oxygen atoms in total. The monoisotopic (exact) mass is 406 g/mol. The van der Waals surface area contributed by atoms with Crippen molar-refractivity contribution in [2.75, 3.05) is 11.9 Å². The zero-order valence-electron chi connectivity index (χ0n) is 16.8. The molecule has 2 aromatic rings. The van der Waals surface area contributed by atoms with Crippen LogP contribution in [0.2, 0.25) is 0 Å². The standard InChI is InChI=1S/C23H26N4O3/c28-21(26-18-10-6-12-24-14-18)15-25-22(29)20-13-17-9-4-5-11-19(17)27(20)23(30)16-7-2-1-3-8-16/h1-3,6-8,10,12,14,17,19-20H,4-5,9,11,13,15H2,(H,25,29)(H,26,28). The molecule has 1 aliphatic carbocycles. The highest BCUT2D eigenvalue weighted by Crippen LogP contribution is 2.40. The highest BCUT2D eigenvalue weighted by Gasteiger charge is 2.47. The molecule has 1 aromatic heterocycles. The Labute approximate surface area is 175 Å². The third kappa shape index (κ3) is 4.35. The summed E-state index contributed by atoms with van der Waals surface area (Å²) in [4.78, 5) is 44.2. The fourth-order valence-corrected chi connectivity index (χ4v) is 4.64. The van der Waals surface area contributed by atoms with Crippen molar-refractivity contribution >= 4 is 23.4 Å². The van der Waals surface area contributed by atoms with Gasteiger partial charge in [0.05, 0.1) is 18.4 Å². The summed E-state index contributed by atoms with van der Waals surface area (Å²) in [5.74, 6) is -0.362. The van der Waals surface area contributed by atoms with Crippen molar-refractivity contribution in [3.05, 3.63) is 60.4 Å². The van der Waals surface area contributed by atoms with Gasteiger partial charge in [-0.2, -0.15) is 0 Å². The van der Waals surface area contributed by atoms with E-state index >= 15 is 0 Å². The topological polar surface area (TPSA) is 91.4 Å². The number of amides is 3. The van der Waals surface area contributed by atoms with Gasteiger partial charge in [0.2, 0.25) is 11.8 Å². The van der Waals surface area contributed by atoms with Crippen molar-refractivity contribution in [2.45, 2.75) is 44.2 Å². The second-order valence-electron chi connectivity index (χ2n) is 7.95. The average Bonchev–Trinajstić information content (AvgIpc) is 3.18. The first-order valence-electron chi connectivity index (χ1n) is 10.5. The lowest BCUT2D eigenvalue weighted by Gasteiger charge is -2.33. The highest BCUT2D eigenvalue weighted by molar-refractivity contribution is 5.99. The number of hydrogen-bond donors (Lipinski definition) is 2. The third-order valence-electron chi connectivity index (χ3n) is 6.01. The number of anilines is 1. The predicted molar refractivity (Wildman–Crippen MR) is 113 cm³/mol. The van der Waals surface area contributed by atoms with Crippen LogP contribution in [0.15, 0.2) is 54.9 Å². The Balaban J connectivity index is 1.44. The quantitative estimate of drug-likeness (QED) is 0.799. The van der Waals surface area contributed by atoms with Gasteiger partial charge in [-0.05, 0) is 49.4 Å². The minimum absolute atomic E-state index is 0.0893. The smallest absolute Gasteiger partial charge is 0.254 e. The Bertz CT molecular complexity index is 903. The number of benzene rings is 1. The molecule has 1 aliphatic heterocycles. The minimum Gasteiger partial charge on any atom is -0.345 e. The number of likely N-dealkylation sites (tertiary alicyclic amines) is 1. The van der Waals surface area contributed by atoms with Crippen LogP contribution in [0, 0.1) is 5.92 Å². The van der Waals surface area contributed by atoms with Crippen LogP contribution in [0.4, 0.5) is 5.69 Å². The van der Waals surface area contributed by atoms with Crippen LogP contribution < -0.4 is 10.6 Å². The zero-order valence-corrected chi connectivity index (χ0v) is 16.8. The van der Waals surface area contributed by atoms with E-state index in [-0.39, 0.29) is 30.3 Å². The fraction of sp³-hybridized carbons (Fsp3) is 0.391. The molecular weight excluding hydrogens is 380 g/mol. The molecule has 156 valence electrons. The molecule has 2 N–H and O–H groups in total. The Kier molecular flexibility index (Phi) is 6.07. The van der Waals surface area contributed by atoms with Crippen LogP contribution >= 0.6 is 0 Å². The summed E-state index contributed by atoms with van der Waals surface area (Å²) in [5, 5.41) is 5.43. The molecule has 7 heteroatoms. The minimum atomic E-state index is -0.544. The molecule has 0 radical (unpaired) electrons. The lowest BCUT2D eigenvalue weighted by Crippen LogP contribution is -2.50. The van der Waals surface area contributed by atoms with E-state index < -0.39 is 6.04 Å². The summed E-state index contributed by atoms with van der Waals surface area (Å²) < 4.78 is 0. The lowest BCUT2D eigenvalue weighted by atomic mass is 9.84. The van der Waals surface area contributed by atoms with E-state index in [9.17, 15) is 14.4 Å². The van der Waals surface area contributed by atoms with E-state index in [0.717, 1.165) is 25.7 Å². The van der Waals surface area contributed by atoms with E-state index in [1.165, 1.54) is 0 Å². The molecular formula is C23H26N4O3. The SMILES string of the molecule is O=C(CNC(=O)C1CC2CCCCC2N1C(=O)c1ccccc1)Nc1cccnc1. The first-order chi connectivity index (χ1) is 14.6. The van der Waals surface area contributed by atoms with Gasteiger partial charge >= 0.3 is 0 Å². The van der Waals surface area contributed by atoms with Crippen molar-refractivity contribution < 1.29 is 14.4 Å². The van der Waals surface area contributed by atoms with Crippen molar-refractivity contribution in [1.29, 1.82) is 0 Å². The largest absolute Gasteiger partial charge is 0.345 e. The van der Waals surface area contributed by atoms with Gasteiger partial charge in [-0.15, -0.1) is 0 Å². The van der Waals surface area contributed by atoms with Gasteiger partial charge in [0.25, 0.3) is 5.91 Å². The summed E-state index contributed by atoms with van der Waals surface area (Å²) in [6.07, 6.45) is 7.98. The number of fused-ring (bicyclic) bond motifs is 1. The van der Waals surface area contributed by atoms with E-state index in [4.69, 9.17) is 0 Å². The molecule has 1 aromatic carbocycles. The molecule has 2 aliphatic rings. The second kappa shape index (κ2) is 9.07. The van der Waals surface area contributed by atoms with Gasteiger partial charge in [-0.3, -0.25) is 19.4 Å². The molecule has 4 rings (SSSR count). The molecule has 2 fully saturated rings. The van der Waals surface area contributed by atoms with Gasteiger partial charge in [-0.1, -0.05) is 31.0 Å². The Morgan fingerprint density at radius 1 is 1.03 bits per heavy atom. The maximum atomic E-state index is 13.3. The summed E-state index contributed by atoms with van der Waals surface area (Å²) in [6, 6.07) is 12.1. The Hall–Kier alpha value is -3.22. The van der Waals surface area contributed by atoms with Crippen molar-refractivity contribution in [3.8, 4) is 0 Å². The van der Waals surface area contributed by atoms with E-state index in [1.807, 2.05) is 18.2 Å². The number of nitrogens with one attached hydrogen (secondary N) is 2. The first kappa shape index (κ1) is 20.1. The number of rotatable bonds is 5. The van der Waals surface area contributed by atoms with Crippen LogP contribution in [0.25, 0.3) is 0 Å². The number of hydrogen-bond acceptors (Lipinski definition) is 4. The van der Waals surface area contributed by atoms with E-state index in [2.05, 4.69) is 15.6 Å². The molecule has 3 atom stereocenters. The van der Waals surface area contributed by atoms with E-state index in [1.54, 1.807) is 41.6 Å². The van der Waals surface area contributed by atoms with Crippen molar-refractivity contribution in [2.24, 2.45) is 5.92 Å². The van der Waals surface area contributed by atoms with Gasteiger partial charge in [0.1, 0.15) is 6.04 Å². The summed E-state index contributed by atoms with van der Waals surface area (Å²) >= 11 is 0. The Morgan fingerprint density at radius 3 is 2.60 bits per heavy atom. The van der Waals surface area contributed by atoms with Gasteiger partial charge in [0, 0.05) is 17.8 Å². The van der Waals surface area contributed by atoms with Gasteiger partial charge < -0.3 is 15.5 Å². The fourth-order valence-electron chi connectivity index (χ4n) is 4.64. The molecule has 1 saturated carbocycles. The van der Waals surface area contributed by atoms with Crippen LogP contribution in [0.3, 0.4) is 0 Å². The second-order valence-corrected chi connectivity index (χ2v) is 7.95. The lowest BCUT2D eigenvalue weighted by molar-refractivity contribution is -0.127. The first-order valence-corrected chi connectivity index (χ1v) is 10.5. The summed E-state index contributed by atoms with van der Waals surface area (Å²) in [7, 11) is 0. The number of carbonyl (C=O) groups is 3. The highest BCUT2D eigenvalue weighted by atomic mass is 16.2. The van der Waals surface area contributed by atoms with Crippen molar-refractivity contribution in [3.63, 3.8) is 0 Å². The number of pyridine rings is 1. The number of nitrogens with zero attached hydrogens (tertiary/aromatic N) is 2. The van der Waals surface area contributed by atoms with Crippen LogP contribution in [-0.4, -0.2) is 46.2 Å². The third-order valence-corrected chi connectivity index (χ3v) is 6.01. The van der Waals surface area contributed by atoms with Crippen LogP contribution in [0.1, 0.15) is 42.5 Å². The van der Waals surface area contributed by atoms with E-state index in [0.29, 0.717) is 23.6 Å². The molecule has 0 bridgehead atoms. The normalized spacial score (nSPS) is 22.8. The summed E-state index contributed by atoms with van der Waals surface area (Å²) in [5.41, 5.74) is 1.17. The molecule has 0 spiro atoms. The summed E-state index contributed by atoms with van der Waals surface area (Å²) in [6.45, 7) is -0.146.